The van der Waals surface area contributed by atoms with E-state index in [9.17, 15) is 9.90 Å². The lowest BCUT2D eigenvalue weighted by Crippen LogP contribution is -2.49. The average Bonchev–Trinajstić information content (AvgIpc) is 2.83. The van der Waals surface area contributed by atoms with Crippen molar-refractivity contribution in [2.45, 2.75) is 71.0 Å². The zero-order valence-corrected chi connectivity index (χ0v) is 14.4. The lowest BCUT2D eigenvalue weighted by Gasteiger charge is -2.54. The van der Waals surface area contributed by atoms with Gasteiger partial charge in [-0.2, -0.15) is 0 Å². The molecule has 3 heteroatoms. The molecular formula is C20H30O3. The minimum atomic E-state index is -0.221. The molecule has 128 valence electrons. The quantitative estimate of drug-likeness (QED) is 0.592. The van der Waals surface area contributed by atoms with Crippen molar-refractivity contribution in [3.63, 3.8) is 0 Å². The molecule has 0 saturated heterocycles. The van der Waals surface area contributed by atoms with Crippen LogP contribution in [0.25, 0.3) is 0 Å². The summed E-state index contributed by atoms with van der Waals surface area (Å²) >= 11 is 0. The van der Waals surface area contributed by atoms with Gasteiger partial charge in [-0.25, -0.2) is 0 Å². The molecule has 0 bridgehead atoms. The fourth-order valence-electron chi connectivity index (χ4n) is 6.72. The molecule has 0 aromatic carbocycles. The summed E-state index contributed by atoms with van der Waals surface area (Å²) in [5.74, 6) is 3.53. The highest BCUT2D eigenvalue weighted by Crippen LogP contribution is 2.62. The molecule has 4 aliphatic rings. The molecule has 0 unspecified atom stereocenters. The van der Waals surface area contributed by atoms with E-state index in [0.29, 0.717) is 17.8 Å². The maximum Gasteiger partial charge on any atom is 0.302 e. The Kier molecular flexibility index (Phi) is 3.83. The molecule has 0 heterocycles. The van der Waals surface area contributed by atoms with Gasteiger partial charge in [-0.1, -0.05) is 19.1 Å². The third-order valence-corrected chi connectivity index (χ3v) is 7.72. The van der Waals surface area contributed by atoms with Crippen LogP contribution in [-0.4, -0.2) is 23.3 Å². The molecule has 0 amide bonds. The molecule has 0 spiro atoms. The summed E-state index contributed by atoms with van der Waals surface area (Å²) in [5.41, 5.74) is 0.192. The van der Waals surface area contributed by atoms with Crippen molar-refractivity contribution < 1.29 is 14.6 Å². The van der Waals surface area contributed by atoms with Gasteiger partial charge in [-0.15, -0.1) is 0 Å². The van der Waals surface area contributed by atoms with Crippen LogP contribution in [0.15, 0.2) is 12.2 Å². The zero-order chi connectivity index (χ0) is 16.2. The second-order valence-electron chi connectivity index (χ2n) is 8.76. The Morgan fingerprint density at radius 3 is 2.74 bits per heavy atom. The van der Waals surface area contributed by atoms with Crippen molar-refractivity contribution >= 4 is 5.97 Å². The van der Waals surface area contributed by atoms with Crippen LogP contribution < -0.4 is 0 Å². The molecule has 0 aromatic rings. The Balaban J connectivity index is 1.56. The Labute approximate surface area is 139 Å². The SMILES string of the molecule is CC(=O)O[C@H]1CC[C@H]2[C@@H]3CC[C@H]4C[C@H](O)C=C[C@@H]4[C@H]3CC[C@]12C. The topological polar surface area (TPSA) is 46.5 Å². The van der Waals surface area contributed by atoms with Crippen LogP contribution in [0.1, 0.15) is 58.8 Å². The second-order valence-corrected chi connectivity index (χ2v) is 8.76. The van der Waals surface area contributed by atoms with E-state index in [1.54, 1.807) is 6.92 Å². The van der Waals surface area contributed by atoms with E-state index in [4.69, 9.17) is 4.74 Å². The molecule has 4 aliphatic carbocycles. The van der Waals surface area contributed by atoms with Crippen molar-refractivity contribution in [3.8, 4) is 0 Å². The summed E-state index contributed by atoms with van der Waals surface area (Å²) in [4.78, 5) is 11.5. The summed E-state index contributed by atoms with van der Waals surface area (Å²) in [7, 11) is 0. The van der Waals surface area contributed by atoms with E-state index >= 15 is 0 Å². The van der Waals surface area contributed by atoms with Gasteiger partial charge in [0.05, 0.1) is 6.10 Å². The molecular weight excluding hydrogens is 288 g/mol. The molecule has 8 atom stereocenters. The van der Waals surface area contributed by atoms with Gasteiger partial charge in [-0.3, -0.25) is 4.79 Å². The Morgan fingerprint density at radius 2 is 1.96 bits per heavy atom. The lowest BCUT2D eigenvalue weighted by atomic mass is 9.51. The smallest absolute Gasteiger partial charge is 0.302 e. The molecule has 3 fully saturated rings. The summed E-state index contributed by atoms with van der Waals surface area (Å²) in [6.07, 6.45) is 12.5. The predicted molar refractivity (Wildman–Crippen MR) is 88.6 cm³/mol. The van der Waals surface area contributed by atoms with E-state index in [1.807, 2.05) is 6.08 Å². The normalized spacial score (nSPS) is 51.5. The van der Waals surface area contributed by atoms with Crippen molar-refractivity contribution in [3.05, 3.63) is 12.2 Å². The summed E-state index contributed by atoms with van der Waals surface area (Å²) in [5, 5.41) is 9.92. The number of hydrogen-bond acceptors (Lipinski definition) is 3. The molecule has 0 aliphatic heterocycles. The van der Waals surface area contributed by atoms with Gasteiger partial charge >= 0.3 is 5.97 Å². The maximum absolute atomic E-state index is 11.5. The number of aliphatic hydroxyl groups excluding tert-OH is 1. The van der Waals surface area contributed by atoms with Gasteiger partial charge in [0, 0.05) is 12.3 Å². The fraction of sp³-hybridized carbons (Fsp3) is 0.850. The van der Waals surface area contributed by atoms with E-state index in [1.165, 1.54) is 32.1 Å². The van der Waals surface area contributed by atoms with Gasteiger partial charge in [-0.05, 0) is 74.5 Å². The van der Waals surface area contributed by atoms with E-state index in [2.05, 4.69) is 13.0 Å². The van der Waals surface area contributed by atoms with Crippen molar-refractivity contribution in [1.29, 1.82) is 0 Å². The number of esters is 1. The number of fused-ring (bicyclic) bond motifs is 5. The molecule has 4 rings (SSSR count). The monoisotopic (exact) mass is 318 g/mol. The molecule has 0 aromatic heterocycles. The summed E-state index contributed by atoms with van der Waals surface area (Å²) in [6.45, 7) is 3.92. The van der Waals surface area contributed by atoms with E-state index in [0.717, 1.165) is 24.7 Å². The average molecular weight is 318 g/mol. The van der Waals surface area contributed by atoms with Crippen LogP contribution in [0.3, 0.4) is 0 Å². The van der Waals surface area contributed by atoms with Crippen LogP contribution in [0.5, 0.6) is 0 Å². The van der Waals surface area contributed by atoms with Gasteiger partial charge in [0.2, 0.25) is 0 Å². The Bertz CT molecular complexity index is 513. The van der Waals surface area contributed by atoms with Gasteiger partial charge in [0.15, 0.2) is 0 Å². The Morgan fingerprint density at radius 1 is 1.13 bits per heavy atom. The lowest BCUT2D eigenvalue weighted by molar-refractivity contribution is -0.156. The van der Waals surface area contributed by atoms with Crippen LogP contribution in [-0.2, 0) is 9.53 Å². The van der Waals surface area contributed by atoms with Crippen LogP contribution in [0, 0.1) is 35.0 Å². The highest BCUT2D eigenvalue weighted by atomic mass is 16.5. The largest absolute Gasteiger partial charge is 0.462 e. The first-order valence-electron chi connectivity index (χ1n) is 9.52. The van der Waals surface area contributed by atoms with E-state index < -0.39 is 0 Å². The first-order valence-corrected chi connectivity index (χ1v) is 9.52. The number of carbonyl (C=O) groups excluding carboxylic acids is 1. The molecule has 23 heavy (non-hydrogen) atoms. The number of aliphatic hydroxyl groups is 1. The molecule has 3 nitrogen and oxygen atoms in total. The summed E-state index contributed by atoms with van der Waals surface area (Å²) in [6, 6.07) is 0. The minimum absolute atomic E-state index is 0.119. The molecule has 3 saturated carbocycles. The summed E-state index contributed by atoms with van der Waals surface area (Å²) < 4.78 is 5.70. The van der Waals surface area contributed by atoms with Gasteiger partial charge in [0.1, 0.15) is 6.10 Å². The van der Waals surface area contributed by atoms with Crippen LogP contribution >= 0.6 is 0 Å². The van der Waals surface area contributed by atoms with Gasteiger partial charge in [0.25, 0.3) is 0 Å². The number of rotatable bonds is 1. The van der Waals surface area contributed by atoms with Crippen molar-refractivity contribution in [2.75, 3.05) is 0 Å². The standard InChI is InChI=1S/C20H30O3/c1-12(21)23-19-8-7-18-17-5-3-13-11-14(22)4-6-15(13)16(17)9-10-20(18,19)2/h4,6,13-19,22H,3,5,7-11H2,1-2H3/t13-,14+,15-,16+,17+,18-,19-,20-/m0/s1. The predicted octanol–water partition coefficient (Wildman–Crippen LogP) is 3.71. The van der Waals surface area contributed by atoms with Crippen molar-refractivity contribution in [2.24, 2.45) is 35.0 Å². The van der Waals surface area contributed by atoms with Crippen LogP contribution in [0.2, 0.25) is 0 Å². The first-order chi connectivity index (χ1) is 11.0. The van der Waals surface area contributed by atoms with Crippen molar-refractivity contribution in [1.82, 2.24) is 0 Å². The highest BCUT2D eigenvalue weighted by Gasteiger charge is 2.57. The first kappa shape index (κ1) is 15.7. The zero-order valence-electron chi connectivity index (χ0n) is 14.4. The van der Waals surface area contributed by atoms with E-state index in [-0.39, 0.29) is 23.6 Å². The van der Waals surface area contributed by atoms with Gasteiger partial charge < -0.3 is 9.84 Å². The third kappa shape index (κ3) is 2.47. The number of hydrogen-bond donors (Lipinski definition) is 1. The maximum atomic E-state index is 11.5. The Hall–Kier alpha value is -0.830. The number of carbonyl (C=O) groups is 1. The number of ether oxygens (including phenoxy) is 1. The second kappa shape index (κ2) is 5.61. The molecule has 1 N–H and O–H groups in total. The highest BCUT2D eigenvalue weighted by molar-refractivity contribution is 5.66. The third-order valence-electron chi connectivity index (χ3n) is 7.72. The fourth-order valence-corrected chi connectivity index (χ4v) is 6.72. The number of allylic oxidation sites excluding steroid dienone is 1. The minimum Gasteiger partial charge on any atom is -0.462 e. The van der Waals surface area contributed by atoms with Crippen LogP contribution in [0.4, 0.5) is 0 Å². The molecule has 0 radical (unpaired) electrons.